The Morgan fingerprint density at radius 3 is 2.43 bits per heavy atom. The molecule has 3 fully saturated rings. The van der Waals surface area contributed by atoms with Crippen molar-refractivity contribution in [3.05, 3.63) is 24.3 Å². The number of fused-ring (bicyclic) bond motifs is 2. The van der Waals surface area contributed by atoms with Gasteiger partial charge in [-0.2, -0.15) is 0 Å². The lowest BCUT2D eigenvalue weighted by Crippen LogP contribution is -2.38. The largest absolute Gasteiger partial charge is 0.312 e. The summed E-state index contributed by atoms with van der Waals surface area (Å²) in [5.74, 6) is 1.33. The Hall–Kier alpha value is -1.40. The Labute approximate surface area is 137 Å². The predicted molar refractivity (Wildman–Crippen MR) is 87.6 cm³/mol. The van der Waals surface area contributed by atoms with Crippen molar-refractivity contribution in [3.63, 3.8) is 0 Å². The van der Waals surface area contributed by atoms with Crippen LogP contribution in [0.3, 0.4) is 0 Å². The first kappa shape index (κ1) is 15.1. The van der Waals surface area contributed by atoms with Crippen LogP contribution in [0, 0.1) is 11.8 Å². The third kappa shape index (κ3) is 2.78. The number of hydrogen-bond donors (Lipinski definition) is 1. The maximum Gasteiger partial charge on any atom is 0.240 e. The SMILES string of the molecule is O=C1CCCN1c1ccc(S(=O)(=O)N[C@H]2C[C@@H]3CC[C@@H]2C3)cc1. The van der Waals surface area contributed by atoms with Crippen molar-refractivity contribution in [3.8, 4) is 0 Å². The first-order chi connectivity index (χ1) is 11.0. The minimum absolute atomic E-state index is 0.0959. The van der Waals surface area contributed by atoms with E-state index in [9.17, 15) is 13.2 Å². The fraction of sp³-hybridized carbons (Fsp3) is 0.588. The second-order valence-corrected chi connectivity index (χ2v) is 8.76. The van der Waals surface area contributed by atoms with Gasteiger partial charge in [0.15, 0.2) is 0 Å². The van der Waals surface area contributed by atoms with Gasteiger partial charge in [0.05, 0.1) is 4.90 Å². The molecule has 0 spiro atoms. The Balaban J connectivity index is 1.49. The maximum atomic E-state index is 12.6. The molecule has 6 heteroatoms. The number of benzene rings is 1. The number of nitrogens with one attached hydrogen (secondary N) is 1. The van der Waals surface area contributed by atoms with E-state index in [1.807, 2.05) is 0 Å². The van der Waals surface area contributed by atoms with Crippen molar-refractivity contribution >= 4 is 21.6 Å². The van der Waals surface area contributed by atoms with Gasteiger partial charge in [-0.05, 0) is 61.8 Å². The van der Waals surface area contributed by atoms with Gasteiger partial charge in [-0.15, -0.1) is 0 Å². The normalized spacial score (nSPS) is 30.3. The number of amides is 1. The van der Waals surface area contributed by atoms with E-state index >= 15 is 0 Å². The first-order valence-electron chi connectivity index (χ1n) is 8.46. The van der Waals surface area contributed by atoms with E-state index < -0.39 is 10.0 Å². The van der Waals surface area contributed by atoms with Crippen molar-refractivity contribution in [1.82, 2.24) is 4.72 Å². The number of anilines is 1. The van der Waals surface area contributed by atoms with E-state index in [0.717, 1.165) is 24.9 Å². The average molecular weight is 334 g/mol. The summed E-state index contributed by atoms with van der Waals surface area (Å²) in [6.45, 7) is 0.717. The molecule has 1 aliphatic heterocycles. The van der Waals surface area contributed by atoms with Gasteiger partial charge < -0.3 is 4.90 Å². The van der Waals surface area contributed by atoms with Crippen LogP contribution >= 0.6 is 0 Å². The van der Waals surface area contributed by atoms with Crippen LogP contribution in [0.2, 0.25) is 0 Å². The quantitative estimate of drug-likeness (QED) is 0.918. The van der Waals surface area contributed by atoms with Gasteiger partial charge >= 0.3 is 0 Å². The van der Waals surface area contributed by atoms with E-state index in [0.29, 0.717) is 24.8 Å². The minimum atomic E-state index is -3.47. The van der Waals surface area contributed by atoms with Gasteiger partial charge in [-0.1, -0.05) is 6.42 Å². The third-order valence-electron chi connectivity index (χ3n) is 5.58. The van der Waals surface area contributed by atoms with Gasteiger partial charge in [0.1, 0.15) is 0 Å². The summed E-state index contributed by atoms with van der Waals surface area (Å²) < 4.78 is 28.0. The Bertz CT molecular complexity index is 714. The van der Waals surface area contributed by atoms with E-state index in [4.69, 9.17) is 0 Å². The molecule has 0 aromatic heterocycles. The van der Waals surface area contributed by atoms with E-state index in [1.54, 1.807) is 29.2 Å². The Morgan fingerprint density at radius 1 is 1.09 bits per heavy atom. The molecule has 23 heavy (non-hydrogen) atoms. The van der Waals surface area contributed by atoms with Gasteiger partial charge in [0.2, 0.25) is 15.9 Å². The van der Waals surface area contributed by atoms with Crippen molar-refractivity contribution in [2.75, 3.05) is 11.4 Å². The molecule has 124 valence electrons. The molecule has 2 saturated carbocycles. The summed E-state index contributed by atoms with van der Waals surface area (Å²) in [4.78, 5) is 13.8. The van der Waals surface area contributed by atoms with E-state index in [1.165, 1.54) is 12.8 Å². The summed E-state index contributed by atoms with van der Waals surface area (Å²) in [6, 6.07) is 6.78. The number of rotatable bonds is 4. The van der Waals surface area contributed by atoms with E-state index in [2.05, 4.69) is 4.72 Å². The highest BCUT2D eigenvalue weighted by molar-refractivity contribution is 7.89. The monoisotopic (exact) mass is 334 g/mol. The highest BCUT2D eigenvalue weighted by Gasteiger charge is 2.41. The third-order valence-corrected chi connectivity index (χ3v) is 7.08. The van der Waals surface area contributed by atoms with Crippen LogP contribution in [0.15, 0.2) is 29.2 Å². The number of carbonyl (C=O) groups excluding carboxylic acids is 1. The average Bonchev–Trinajstić information content (AvgIpc) is 3.23. The second kappa shape index (κ2) is 5.60. The number of nitrogens with zero attached hydrogens (tertiary/aromatic N) is 1. The van der Waals surface area contributed by atoms with Gasteiger partial charge in [0.25, 0.3) is 0 Å². The first-order valence-corrected chi connectivity index (χ1v) is 9.94. The molecule has 5 nitrogen and oxygen atoms in total. The molecule has 1 aromatic rings. The molecule has 0 unspecified atom stereocenters. The van der Waals surface area contributed by atoms with Crippen molar-refractivity contribution < 1.29 is 13.2 Å². The van der Waals surface area contributed by atoms with Crippen LogP contribution in [0.5, 0.6) is 0 Å². The molecule has 1 N–H and O–H groups in total. The van der Waals surface area contributed by atoms with Gasteiger partial charge in [-0.3, -0.25) is 4.79 Å². The van der Waals surface area contributed by atoms with Crippen molar-refractivity contribution in [2.45, 2.75) is 49.5 Å². The van der Waals surface area contributed by atoms with Gasteiger partial charge in [0, 0.05) is 24.7 Å². The molecule has 2 aliphatic carbocycles. The summed E-state index contributed by atoms with van der Waals surface area (Å²) in [6.07, 6.45) is 5.99. The summed E-state index contributed by atoms with van der Waals surface area (Å²) in [5, 5.41) is 0. The lowest BCUT2D eigenvalue weighted by atomic mass is 9.96. The van der Waals surface area contributed by atoms with Crippen molar-refractivity contribution in [1.29, 1.82) is 0 Å². The molecule has 1 heterocycles. The van der Waals surface area contributed by atoms with Crippen molar-refractivity contribution in [2.24, 2.45) is 11.8 Å². The second-order valence-electron chi connectivity index (χ2n) is 7.05. The molecular formula is C17H22N2O3S. The van der Waals surface area contributed by atoms with Crippen LogP contribution in [0.4, 0.5) is 5.69 Å². The predicted octanol–water partition coefficient (Wildman–Crippen LogP) is 2.28. The van der Waals surface area contributed by atoms with Crippen LogP contribution < -0.4 is 9.62 Å². The lowest BCUT2D eigenvalue weighted by Gasteiger charge is -2.23. The maximum absolute atomic E-state index is 12.6. The molecule has 2 bridgehead atoms. The topological polar surface area (TPSA) is 66.5 Å². The molecule has 3 atom stereocenters. The summed E-state index contributed by atoms with van der Waals surface area (Å²) >= 11 is 0. The fourth-order valence-electron chi connectivity index (χ4n) is 4.38. The zero-order valence-corrected chi connectivity index (χ0v) is 13.9. The van der Waals surface area contributed by atoms with Crippen LogP contribution in [0.1, 0.15) is 38.5 Å². The summed E-state index contributed by atoms with van der Waals surface area (Å²) in [5.41, 5.74) is 0.784. The number of sulfonamides is 1. The number of carbonyl (C=O) groups is 1. The van der Waals surface area contributed by atoms with E-state index in [-0.39, 0.29) is 16.8 Å². The van der Waals surface area contributed by atoms with Crippen LogP contribution in [-0.2, 0) is 14.8 Å². The zero-order chi connectivity index (χ0) is 16.0. The molecule has 4 rings (SSSR count). The molecule has 1 amide bonds. The zero-order valence-electron chi connectivity index (χ0n) is 13.1. The lowest BCUT2D eigenvalue weighted by molar-refractivity contribution is -0.117. The molecule has 1 aromatic carbocycles. The molecular weight excluding hydrogens is 312 g/mol. The highest BCUT2D eigenvalue weighted by Crippen LogP contribution is 2.44. The number of hydrogen-bond acceptors (Lipinski definition) is 3. The molecule has 1 saturated heterocycles. The standard InChI is InChI=1S/C17H22N2O3S/c20-17-2-1-9-19(17)14-5-7-15(8-6-14)23(21,22)18-16-11-12-3-4-13(16)10-12/h5-8,12-13,16,18H,1-4,9-11H2/t12-,13-,16+/m1/s1. The Morgan fingerprint density at radius 2 is 1.87 bits per heavy atom. The fourth-order valence-corrected chi connectivity index (χ4v) is 5.70. The minimum Gasteiger partial charge on any atom is -0.312 e. The van der Waals surface area contributed by atoms with Gasteiger partial charge in [-0.25, -0.2) is 13.1 Å². The summed E-state index contributed by atoms with van der Waals surface area (Å²) in [7, 11) is -3.47. The molecule has 3 aliphatic rings. The molecule has 0 radical (unpaired) electrons. The van der Waals surface area contributed by atoms with Crippen LogP contribution in [-0.4, -0.2) is 26.9 Å². The van der Waals surface area contributed by atoms with Crippen LogP contribution in [0.25, 0.3) is 0 Å². The smallest absolute Gasteiger partial charge is 0.240 e. The Kier molecular flexibility index (Phi) is 3.69. The highest BCUT2D eigenvalue weighted by atomic mass is 32.2.